The number of unbranched alkanes of at least 4 members (excludes halogenated alkanes) is 1. The predicted octanol–water partition coefficient (Wildman–Crippen LogP) is 1.55. The van der Waals surface area contributed by atoms with Crippen LogP contribution < -0.4 is 16.4 Å². The number of benzene rings is 1. The van der Waals surface area contributed by atoms with Crippen LogP contribution in [0.3, 0.4) is 0 Å². The van der Waals surface area contributed by atoms with Gasteiger partial charge in [0.15, 0.2) is 0 Å². The summed E-state index contributed by atoms with van der Waals surface area (Å²) >= 11 is 0. The molecular weight excluding hydrogens is 288 g/mol. The van der Waals surface area contributed by atoms with Gasteiger partial charge in [0.1, 0.15) is 0 Å². The van der Waals surface area contributed by atoms with Crippen LogP contribution in [0.5, 0.6) is 0 Å². The molecule has 1 aliphatic rings. The number of nitrogens with zero attached hydrogens (tertiary/aromatic N) is 3. The molecule has 0 saturated carbocycles. The van der Waals surface area contributed by atoms with E-state index in [1.54, 1.807) is 4.57 Å². The molecular formula is C18H24N4O. The lowest BCUT2D eigenvalue weighted by molar-refractivity contribution is 0.474. The van der Waals surface area contributed by atoms with Gasteiger partial charge in [0, 0.05) is 32.1 Å². The Balaban J connectivity index is 1.98. The van der Waals surface area contributed by atoms with Gasteiger partial charge in [-0.3, -0.25) is 4.57 Å². The Hall–Kier alpha value is -2.19. The summed E-state index contributed by atoms with van der Waals surface area (Å²) in [7, 11) is 1.83. The lowest BCUT2D eigenvalue weighted by Gasteiger charge is -2.29. The van der Waals surface area contributed by atoms with Gasteiger partial charge in [-0.1, -0.05) is 11.8 Å². The number of piperidine rings is 1. The van der Waals surface area contributed by atoms with Crippen LogP contribution in [0.15, 0.2) is 23.0 Å². The molecule has 2 N–H and O–H groups in total. The summed E-state index contributed by atoms with van der Waals surface area (Å²) in [6.45, 7) is 2.56. The monoisotopic (exact) mass is 312 g/mol. The van der Waals surface area contributed by atoms with Crippen molar-refractivity contribution in [2.45, 2.75) is 32.1 Å². The molecule has 1 fully saturated rings. The predicted molar refractivity (Wildman–Crippen MR) is 94.1 cm³/mol. The zero-order valence-corrected chi connectivity index (χ0v) is 13.7. The van der Waals surface area contributed by atoms with Crippen molar-refractivity contribution in [3.8, 4) is 11.8 Å². The first-order valence-electron chi connectivity index (χ1n) is 8.38. The molecule has 1 aromatic heterocycles. The highest BCUT2D eigenvalue weighted by molar-refractivity contribution is 5.78. The largest absolute Gasteiger partial charge is 0.347 e. The fourth-order valence-corrected chi connectivity index (χ4v) is 3.10. The number of nitrogens with two attached hydrogens (primary N) is 1. The Kier molecular flexibility index (Phi) is 4.73. The number of imidazole rings is 1. The minimum atomic E-state index is 0.0233. The molecule has 1 aromatic carbocycles. The van der Waals surface area contributed by atoms with Crippen molar-refractivity contribution in [1.29, 1.82) is 0 Å². The Labute approximate surface area is 136 Å². The Bertz CT molecular complexity index is 800. The van der Waals surface area contributed by atoms with Crippen LogP contribution in [0.25, 0.3) is 11.0 Å². The molecule has 0 aliphatic carbocycles. The van der Waals surface area contributed by atoms with Gasteiger partial charge >= 0.3 is 5.69 Å². The lowest BCUT2D eigenvalue weighted by atomic mass is 10.1. The first-order valence-corrected chi connectivity index (χ1v) is 8.38. The maximum absolute atomic E-state index is 12.6. The zero-order valence-electron chi connectivity index (χ0n) is 13.7. The number of hydrogen-bond donors (Lipinski definition) is 1. The minimum Gasteiger partial charge on any atom is -0.330 e. The molecule has 5 nitrogen and oxygen atoms in total. The average molecular weight is 312 g/mol. The Morgan fingerprint density at radius 3 is 2.70 bits per heavy atom. The molecule has 3 rings (SSSR count). The smallest absolute Gasteiger partial charge is 0.330 e. The molecule has 5 heteroatoms. The SMILES string of the molecule is Cn1c(=O)n(N2CCCCC2)c2ccc(C#CCCCN)cc21. The molecule has 0 amide bonds. The third-order valence-electron chi connectivity index (χ3n) is 4.39. The van der Waals surface area contributed by atoms with Crippen LogP contribution in [0, 0.1) is 11.8 Å². The van der Waals surface area contributed by atoms with Gasteiger partial charge in [-0.05, 0) is 50.4 Å². The fraction of sp³-hybridized carbons (Fsp3) is 0.500. The molecule has 0 unspecified atom stereocenters. The average Bonchev–Trinajstić information content (AvgIpc) is 2.84. The number of aromatic nitrogens is 2. The number of hydrogen-bond acceptors (Lipinski definition) is 3. The third-order valence-corrected chi connectivity index (χ3v) is 4.39. The van der Waals surface area contributed by atoms with E-state index in [0.29, 0.717) is 6.54 Å². The highest BCUT2D eigenvalue weighted by Gasteiger charge is 2.18. The summed E-state index contributed by atoms with van der Waals surface area (Å²) in [6.07, 6.45) is 5.26. The van der Waals surface area contributed by atoms with Crippen LogP contribution in [0.2, 0.25) is 0 Å². The van der Waals surface area contributed by atoms with Crippen LogP contribution in [-0.2, 0) is 7.05 Å². The van der Waals surface area contributed by atoms with Crippen LogP contribution in [0.1, 0.15) is 37.7 Å². The van der Waals surface area contributed by atoms with Crippen molar-refractivity contribution in [2.75, 3.05) is 24.6 Å². The van der Waals surface area contributed by atoms with Gasteiger partial charge in [0.25, 0.3) is 0 Å². The van der Waals surface area contributed by atoms with E-state index in [-0.39, 0.29) is 5.69 Å². The van der Waals surface area contributed by atoms with Gasteiger partial charge in [-0.2, -0.15) is 0 Å². The van der Waals surface area contributed by atoms with Crippen LogP contribution in [0.4, 0.5) is 0 Å². The molecule has 0 radical (unpaired) electrons. The summed E-state index contributed by atoms with van der Waals surface area (Å²) in [5, 5.41) is 2.17. The van der Waals surface area contributed by atoms with E-state index in [2.05, 4.69) is 16.8 Å². The van der Waals surface area contributed by atoms with Crippen LogP contribution in [-0.4, -0.2) is 28.9 Å². The molecule has 1 saturated heterocycles. The Morgan fingerprint density at radius 1 is 1.17 bits per heavy atom. The first-order chi connectivity index (χ1) is 11.2. The van der Waals surface area contributed by atoms with Crippen LogP contribution >= 0.6 is 0 Å². The summed E-state index contributed by atoms with van der Waals surface area (Å²) < 4.78 is 3.55. The number of fused-ring (bicyclic) bond motifs is 1. The number of rotatable bonds is 3. The van der Waals surface area contributed by atoms with Gasteiger partial charge in [-0.25, -0.2) is 9.47 Å². The van der Waals surface area contributed by atoms with Crippen molar-refractivity contribution in [2.24, 2.45) is 12.8 Å². The summed E-state index contributed by atoms with van der Waals surface area (Å²) in [6, 6.07) is 6.02. The normalized spacial score (nSPS) is 14.8. The van der Waals surface area contributed by atoms with Crippen molar-refractivity contribution in [3.63, 3.8) is 0 Å². The molecule has 0 spiro atoms. The quantitative estimate of drug-likeness (QED) is 0.691. The zero-order chi connectivity index (χ0) is 16.2. The van der Waals surface area contributed by atoms with Crippen molar-refractivity contribution >= 4 is 11.0 Å². The van der Waals surface area contributed by atoms with Gasteiger partial charge < -0.3 is 10.7 Å². The van der Waals surface area contributed by atoms with E-state index in [1.165, 1.54) is 6.42 Å². The van der Waals surface area contributed by atoms with Gasteiger partial charge in [0.2, 0.25) is 0 Å². The third kappa shape index (κ3) is 3.13. The molecule has 0 bridgehead atoms. The first kappa shape index (κ1) is 15.7. The highest BCUT2D eigenvalue weighted by atomic mass is 16.2. The minimum absolute atomic E-state index is 0.0233. The highest BCUT2D eigenvalue weighted by Crippen LogP contribution is 2.17. The van der Waals surface area contributed by atoms with E-state index >= 15 is 0 Å². The molecule has 2 aromatic rings. The fourth-order valence-electron chi connectivity index (χ4n) is 3.10. The maximum Gasteiger partial charge on any atom is 0.347 e. The van der Waals surface area contributed by atoms with Crippen molar-refractivity contribution in [1.82, 2.24) is 9.24 Å². The van der Waals surface area contributed by atoms with E-state index < -0.39 is 0 Å². The van der Waals surface area contributed by atoms with E-state index in [0.717, 1.165) is 55.4 Å². The van der Waals surface area contributed by atoms with E-state index in [4.69, 9.17) is 5.73 Å². The second-order valence-corrected chi connectivity index (χ2v) is 6.07. The van der Waals surface area contributed by atoms with Crippen molar-refractivity contribution in [3.05, 3.63) is 34.2 Å². The van der Waals surface area contributed by atoms with Gasteiger partial charge in [0.05, 0.1) is 11.0 Å². The molecule has 23 heavy (non-hydrogen) atoms. The molecule has 1 aliphatic heterocycles. The van der Waals surface area contributed by atoms with Gasteiger partial charge in [-0.15, -0.1) is 0 Å². The summed E-state index contributed by atoms with van der Waals surface area (Å²) in [5.74, 6) is 6.30. The Morgan fingerprint density at radius 2 is 1.96 bits per heavy atom. The molecule has 2 heterocycles. The van der Waals surface area contributed by atoms with E-state index in [1.807, 2.05) is 29.9 Å². The summed E-state index contributed by atoms with van der Waals surface area (Å²) in [4.78, 5) is 12.6. The topological polar surface area (TPSA) is 56.2 Å². The van der Waals surface area contributed by atoms with E-state index in [9.17, 15) is 4.79 Å². The second-order valence-electron chi connectivity index (χ2n) is 6.07. The summed E-state index contributed by atoms with van der Waals surface area (Å²) in [5.41, 5.74) is 8.35. The number of aryl methyl sites for hydroxylation is 1. The molecule has 0 atom stereocenters. The standard InChI is InChI=1S/C18H24N4O/c1-20-17-14-15(8-4-2-5-11-19)9-10-16(17)22(18(20)23)21-12-6-3-7-13-21/h9-10,14H,2-3,5-7,11-13,19H2,1H3. The van der Waals surface area contributed by atoms with Crippen molar-refractivity contribution < 1.29 is 0 Å². The lowest BCUT2D eigenvalue weighted by Crippen LogP contribution is -2.45. The molecule has 122 valence electrons. The maximum atomic E-state index is 12.6. The second kappa shape index (κ2) is 6.93.